The van der Waals surface area contributed by atoms with Gasteiger partial charge in [0.25, 0.3) is 0 Å². The van der Waals surface area contributed by atoms with Crippen LogP contribution in [0, 0.1) is 11.8 Å². The van der Waals surface area contributed by atoms with Gasteiger partial charge in [-0.25, -0.2) is 28.3 Å². The standard InChI is InChI=1S/C42H52F2N8O6/c1-25(2)35(49-41(55)58-22-18-44)39(53)50-19-5-7-33(50)37-45-23-31(47-37)29-13-9-27(10-14-29)28-11-15-30(16-12-28)32-24-46-38(48-32)34-8-6-20-51(34)40(54)36(26(3)4)52(21-17-43)42(56)57/h9-16,23-26,33-36H,5-8,17-22H2,1-4H3,(H,45,47)(H,46,48)(H,49,55)(H,56,57)/t33-,34-,35-,36-/m0/s1. The zero-order chi connectivity index (χ0) is 41.5. The van der Waals surface area contributed by atoms with Gasteiger partial charge in [-0.05, 0) is 59.8 Å². The number of carbonyl (C=O) groups excluding carboxylic acids is 3. The van der Waals surface area contributed by atoms with E-state index in [2.05, 4.69) is 25.3 Å². The number of alkyl halides is 2. The van der Waals surface area contributed by atoms with Crippen molar-refractivity contribution in [1.82, 2.24) is 40.0 Å². The number of aromatic nitrogens is 4. The van der Waals surface area contributed by atoms with Gasteiger partial charge in [-0.3, -0.25) is 14.5 Å². The highest BCUT2D eigenvalue weighted by Crippen LogP contribution is 2.35. The van der Waals surface area contributed by atoms with Crippen molar-refractivity contribution in [2.75, 3.05) is 39.6 Å². The van der Waals surface area contributed by atoms with Gasteiger partial charge >= 0.3 is 12.2 Å². The minimum atomic E-state index is -1.32. The lowest BCUT2D eigenvalue weighted by Crippen LogP contribution is -2.53. The molecule has 0 spiro atoms. The van der Waals surface area contributed by atoms with Gasteiger partial charge in [-0.2, -0.15) is 0 Å². The number of imidazole rings is 2. The number of hydrogen-bond acceptors (Lipinski definition) is 7. The second kappa shape index (κ2) is 18.6. The Kier molecular flexibility index (Phi) is 13.4. The summed E-state index contributed by atoms with van der Waals surface area (Å²) in [6.07, 6.45) is 4.27. The molecule has 2 aliphatic heterocycles. The number of nitrogens with one attached hydrogen (secondary N) is 3. The SMILES string of the molecule is CC(C)[C@H](NC(=O)OCCF)C(=O)N1CCC[C@H]1c1ncc(-c2ccc(-c3ccc(-c4cnc([C@@H]5CCCN5C(=O)[C@H](C(C)C)N(CCF)C(=O)O)[nH]4)cc3)cc2)[nH]1. The van der Waals surface area contributed by atoms with Crippen LogP contribution in [0.4, 0.5) is 18.4 Å². The largest absolute Gasteiger partial charge is 0.465 e. The van der Waals surface area contributed by atoms with E-state index in [1.165, 1.54) is 0 Å². The van der Waals surface area contributed by atoms with Crippen molar-refractivity contribution in [2.45, 2.75) is 77.5 Å². The molecule has 4 amide bonds. The highest BCUT2D eigenvalue weighted by atomic mass is 19.1. The summed E-state index contributed by atoms with van der Waals surface area (Å²) in [5, 5.41) is 12.3. The summed E-state index contributed by atoms with van der Waals surface area (Å²) in [6.45, 7) is 5.78. The molecule has 2 aromatic heterocycles. The molecule has 6 rings (SSSR count). The number of halogens is 2. The van der Waals surface area contributed by atoms with E-state index in [-0.39, 0.29) is 48.9 Å². The third-order valence-corrected chi connectivity index (χ3v) is 10.9. The predicted octanol–water partition coefficient (Wildman–Crippen LogP) is 7.16. The molecule has 0 aliphatic carbocycles. The van der Waals surface area contributed by atoms with Crippen LogP contribution >= 0.6 is 0 Å². The van der Waals surface area contributed by atoms with Gasteiger partial charge < -0.3 is 34.9 Å². The zero-order valence-electron chi connectivity index (χ0n) is 33.3. The van der Waals surface area contributed by atoms with Crippen LogP contribution in [-0.2, 0) is 14.3 Å². The molecule has 0 unspecified atom stereocenters. The highest BCUT2D eigenvalue weighted by molar-refractivity contribution is 5.87. The fourth-order valence-corrected chi connectivity index (χ4v) is 8.00. The topological polar surface area (TPSA) is 177 Å². The zero-order valence-corrected chi connectivity index (χ0v) is 33.3. The molecule has 2 fully saturated rings. The Morgan fingerprint density at radius 3 is 1.69 bits per heavy atom. The summed E-state index contributed by atoms with van der Waals surface area (Å²) in [5.41, 5.74) is 5.44. The molecule has 2 aromatic carbocycles. The number of aromatic amines is 2. The Morgan fingerprint density at radius 1 is 0.776 bits per heavy atom. The summed E-state index contributed by atoms with van der Waals surface area (Å²) in [4.78, 5) is 71.8. The van der Waals surface area contributed by atoms with E-state index in [9.17, 15) is 33.1 Å². The maximum atomic E-state index is 13.7. The van der Waals surface area contributed by atoms with E-state index in [1.54, 1.807) is 36.0 Å². The Bertz CT molecular complexity index is 2030. The van der Waals surface area contributed by atoms with Crippen molar-refractivity contribution < 1.29 is 37.8 Å². The number of carboxylic acid groups (broad SMARTS) is 1. The van der Waals surface area contributed by atoms with Gasteiger partial charge in [0.2, 0.25) is 11.8 Å². The van der Waals surface area contributed by atoms with Crippen LogP contribution in [0.1, 0.15) is 77.1 Å². The minimum Gasteiger partial charge on any atom is -0.465 e. The Labute approximate surface area is 336 Å². The van der Waals surface area contributed by atoms with Gasteiger partial charge in [0, 0.05) is 13.1 Å². The van der Waals surface area contributed by atoms with E-state index >= 15 is 0 Å². The average Bonchev–Trinajstić information content (AvgIpc) is 4.05. The lowest BCUT2D eigenvalue weighted by Gasteiger charge is -2.35. The van der Waals surface area contributed by atoms with Crippen LogP contribution < -0.4 is 5.32 Å². The lowest BCUT2D eigenvalue weighted by atomic mass is 10.0. The number of H-pyrrole nitrogens is 2. The number of alkyl carbamates (subject to hydrolysis) is 1. The van der Waals surface area contributed by atoms with Crippen molar-refractivity contribution in [3.63, 3.8) is 0 Å². The summed E-state index contributed by atoms with van der Waals surface area (Å²) in [6, 6.07) is 13.7. The van der Waals surface area contributed by atoms with Gasteiger partial charge in [-0.1, -0.05) is 76.2 Å². The molecule has 4 N–H and O–H groups in total. The molecule has 0 saturated carbocycles. The number of likely N-dealkylation sites (tertiary alicyclic amines) is 2. The van der Waals surface area contributed by atoms with Gasteiger partial charge in [0.1, 0.15) is 43.7 Å². The summed E-state index contributed by atoms with van der Waals surface area (Å²) >= 11 is 0. The third-order valence-electron chi connectivity index (χ3n) is 10.9. The quantitative estimate of drug-likeness (QED) is 0.0979. The smallest absolute Gasteiger partial charge is 0.408 e. The average molecular weight is 803 g/mol. The second-order valence-corrected chi connectivity index (χ2v) is 15.4. The first-order valence-corrected chi connectivity index (χ1v) is 19.9. The van der Waals surface area contributed by atoms with Crippen molar-refractivity contribution >= 4 is 24.0 Å². The second-order valence-electron chi connectivity index (χ2n) is 15.4. The Morgan fingerprint density at radius 2 is 1.26 bits per heavy atom. The van der Waals surface area contributed by atoms with E-state index < -0.39 is 37.6 Å². The number of rotatable bonds is 15. The number of benzene rings is 2. The molecule has 4 atom stereocenters. The van der Waals surface area contributed by atoms with Crippen molar-refractivity contribution in [2.24, 2.45) is 11.8 Å². The van der Waals surface area contributed by atoms with E-state index in [0.29, 0.717) is 31.2 Å². The number of hydrogen-bond donors (Lipinski definition) is 4. The number of ether oxygens (including phenoxy) is 1. The van der Waals surface area contributed by atoms with Crippen LogP contribution in [0.5, 0.6) is 0 Å². The molecule has 58 heavy (non-hydrogen) atoms. The van der Waals surface area contributed by atoms with Crippen LogP contribution in [0.2, 0.25) is 0 Å². The Balaban J connectivity index is 1.10. The fourth-order valence-electron chi connectivity index (χ4n) is 8.00. The normalized spacial score (nSPS) is 17.8. The minimum absolute atomic E-state index is 0.209. The number of nitrogens with zero attached hydrogens (tertiary/aromatic N) is 5. The van der Waals surface area contributed by atoms with Crippen molar-refractivity contribution in [3.8, 4) is 33.6 Å². The molecule has 2 saturated heterocycles. The van der Waals surface area contributed by atoms with Crippen LogP contribution in [0.3, 0.4) is 0 Å². The molecule has 310 valence electrons. The summed E-state index contributed by atoms with van der Waals surface area (Å²) in [5.74, 6) is 0.156. The number of carbonyl (C=O) groups is 4. The van der Waals surface area contributed by atoms with Gasteiger partial charge in [0.15, 0.2) is 0 Å². The fraction of sp³-hybridized carbons (Fsp3) is 0.476. The maximum Gasteiger partial charge on any atom is 0.408 e. The summed E-state index contributed by atoms with van der Waals surface area (Å²) < 4.78 is 30.6. The molecule has 0 bridgehead atoms. The maximum absolute atomic E-state index is 13.7. The molecule has 14 nitrogen and oxygen atoms in total. The van der Waals surface area contributed by atoms with Crippen molar-refractivity contribution in [3.05, 3.63) is 72.6 Å². The first-order chi connectivity index (χ1) is 27.9. The highest BCUT2D eigenvalue weighted by Gasteiger charge is 2.41. The van der Waals surface area contributed by atoms with Crippen molar-refractivity contribution in [1.29, 1.82) is 0 Å². The molecular formula is C42H52F2N8O6. The first-order valence-electron chi connectivity index (χ1n) is 19.9. The van der Waals surface area contributed by atoms with Crippen LogP contribution in [0.15, 0.2) is 60.9 Å². The third kappa shape index (κ3) is 9.16. The lowest BCUT2D eigenvalue weighted by molar-refractivity contribution is -0.139. The molecular weight excluding hydrogens is 751 g/mol. The molecule has 4 heterocycles. The number of amides is 4. The van der Waals surface area contributed by atoms with Gasteiger partial charge in [-0.15, -0.1) is 0 Å². The molecule has 4 aromatic rings. The monoisotopic (exact) mass is 802 g/mol. The van der Waals surface area contributed by atoms with E-state index in [4.69, 9.17) is 4.74 Å². The molecule has 2 aliphatic rings. The van der Waals surface area contributed by atoms with Crippen LogP contribution in [-0.4, -0.2) is 115 Å². The summed E-state index contributed by atoms with van der Waals surface area (Å²) in [7, 11) is 0. The molecule has 0 radical (unpaired) electrons. The predicted molar refractivity (Wildman–Crippen MR) is 213 cm³/mol. The first kappa shape index (κ1) is 41.8. The van der Waals surface area contributed by atoms with Gasteiger partial charge in [0.05, 0.1) is 42.4 Å². The Hall–Kier alpha value is -5.80. The molecule has 16 heteroatoms. The van der Waals surface area contributed by atoms with Crippen LogP contribution in [0.25, 0.3) is 33.6 Å². The van der Waals surface area contributed by atoms with E-state index in [1.807, 2.05) is 62.4 Å². The van der Waals surface area contributed by atoms with E-state index in [0.717, 1.165) is 57.8 Å².